The van der Waals surface area contributed by atoms with Gasteiger partial charge in [0.1, 0.15) is 0 Å². The van der Waals surface area contributed by atoms with E-state index in [9.17, 15) is 4.79 Å². The number of rotatable bonds is 2. The first-order chi connectivity index (χ1) is 6.13. The number of hydrogen-bond acceptors (Lipinski definition) is 2. The van der Waals surface area contributed by atoms with Gasteiger partial charge < -0.3 is 9.64 Å². The average Bonchev–Trinajstić information content (AvgIpc) is 2.03. The van der Waals surface area contributed by atoms with E-state index in [0.717, 1.165) is 19.5 Å². The molecule has 3 nitrogen and oxygen atoms in total. The minimum Gasteiger partial charge on any atom is -0.372 e. The Morgan fingerprint density at radius 3 is 2.38 bits per heavy atom. The van der Waals surface area contributed by atoms with Crippen LogP contribution in [0.3, 0.4) is 0 Å². The molecule has 0 aromatic carbocycles. The fraction of sp³-hybridized carbons (Fsp3) is 0.900. The first-order valence-electron chi connectivity index (χ1n) is 5.06. The number of ether oxygens (including phenoxy) is 1. The lowest BCUT2D eigenvalue weighted by atomic mass is 10.2. The fourth-order valence-electron chi connectivity index (χ4n) is 1.75. The molecule has 13 heavy (non-hydrogen) atoms. The van der Waals surface area contributed by atoms with Gasteiger partial charge in [-0.2, -0.15) is 0 Å². The van der Waals surface area contributed by atoms with Crippen molar-refractivity contribution in [1.29, 1.82) is 0 Å². The lowest BCUT2D eigenvalue weighted by molar-refractivity contribution is -0.143. The Balaban J connectivity index is 2.45. The maximum absolute atomic E-state index is 11.6. The molecule has 0 aromatic rings. The molecule has 76 valence electrons. The highest BCUT2D eigenvalue weighted by Gasteiger charge is 2.24. The van der Waals surface area contributed by atoms with Gasteiger partial charge in [0.05, 0.1) is 12.2 Å². The van der Waals surface area contributed by atoms with Gasteiger partial charge in [0.15, 0.2) is 0 Å². The van der Waals surface area contributed by atoms with E-state index in [4.69, 9.17) is 4.74 Å². The van der Waals surface area contributed by atoms with E-state index in [1.165, 1.54) is 0 Å². The molecule has 1 rings (SSSR count). The molecule has 0 bridgehead atoms. The number of carbonyl (C=O) groups is 1. The molecular weight excluding hydrogens is 166 g/mol. The zero-order valence-corrected chi connectivity index (χ0v) is 8.75. The van der Waals surface area contributed by atoms with Crippen LogP contribution < -0.4 is 0 Å². The van der Waals surface area contributed by atoms with Crippen molar-refractivity contribution >= 4 is 5.91 Å². The van der Waals surface area contributed by atoms with E-state index >= 15 is 0 Å². The van der Waals surface area contributed by atoms with Crippen molar-refractivity contribution in [2.45, 2.75) is 45.8 Å². The van der Waals surface area contributed by atoms with Crippen LogP contribution in [-0.4, -0.2) is 36.1 Å². The molecule has 3 heteroatoms. The highest BCUT2D eigenvalue weighted by atomic mass is 16.5. The molecule has 0 saturated carbocycles. The average molecular weight is 185 g/mol. The molecule has 1 amide bonds. The first-order valence-corrected chi connectivity index (χ1v) is 5.06. The summed E-state index contributed by atoms with van der Waals surface area (Å²) in [6.07, 6.45) is 1.97. The predicted molar refractivity (Wildman–Crippen MR) is 51.5 cm³/mol. The first kappa shape index (κ1) is 10.5. The molecule has 0 aliphatic carbocycles. The standard InChI is InChI=1S/C10H19NO2/c1-4-5-10(12)11-6-8(2)13-9(3)7-11/h8-9H,4-7H2,1-3H3. The third-order valence-electron chi connectivity index (χ3n) is 2.24. The number of nitrogens with zero attached hydrogens (tertiary/aromatic N) is 1. The van der Waals surface area contributed by atoms with Crippen molar-refractivity contribution in [2.24, 2.45) is 0 Å². The summed E-state index contributed by atoms with van der Waals surface area (Å²) >= 11 is 0. The Morgan fingerprint density at radius 2 is 1.92 bits per heavy atom. The van der Waals surface area contributed by atoms with Crippen LogP contribution in [0.5, 0.6) is 0 Å². The van der Waals surface area contributed by atoms with Crippen LogP contribution in [0.2, 0.25) is 0 Å². The van der Waals surface area contributed by atoms with Crippen LogP contribution in [0.4, 0.5) is 0 Å². The van der Waals surface area contributed by atoms with E-state index in [1.807, 2.05) is 25.7 Å². The summed E-state index contributed by atoms with van der Waals surface area (Å²) in [5.74, 6) is 0.268. The number of amides is 1. The number of carbonyl (C=O) groups excluding carboxylic acids is 1. The third kappa shape index (κ3) is 2.99. The van der Waals surface area contributed by atoms with Gasteiger partial charge in [-0.3, -0.25) is 4.79 Å². The van der Waals surface area contributed by atoms with Crippen molar-refractivity contribution in [1.82, 2.24) is 4.90 Å². The van der Waals surface area contributed by atoms with Gasteiger partial charge in [-0.1, -0.05) is 6.92 Å². The lowest BCUT2D eigenvalue weighted by Crippen LogP contribution is -2.48. The molecule has 0 spiro atoms. The molecule has 1 heterocycles. The molecule has 1 aliphatic heterocycles. The van der Waals surface area contributed by atoms with Crippen LogP contribution in [0.15, 0.2) is 0 Å². The summed E-state index contributed by atoms with van der Waals surface area (Å²) in [5.41, 5.74) is 0. The fourth-order valence-corrected chi connectivity index (χ4v) is 1.75. The molecule has 0 aromatic heterocycles. The third-order valence-corrected chi connectivity index (χ3v) is 2.24. The zero-order valence-electron chi connectivity index (χ0n) is 8.75. The van der Waals surface area contributed by atoms with E-state index in [2.05, 4.69) is 0 Å². The summed E-state index contributed by atoms with van der Waals surface area (Å²) in [7, 11) is 0. The second-order valence-electron chi connectivity index (χ2n) is 3.81. The zero-order chi connectivity index (χ0) is 9.84. The predicted octanol–water partition coefficient (Wildman–Crippen LogP) is 1.42. The summed E-state index contributed by atoms with van der Waals surface area (Å²) in [4.78, 5) is 13.5. The molecule has 2 atom stereocenters. The molecule has 0 N–H and O–H groups in total. The van der Waals surface area contributed by atoms with Gasteiger partial charge in [-0.25, -0.2) is 0 Å². The Kier molecular flexibility index (Phi) is 3.72. The quantitative estimate of drug-likeness (QED) is 0.651. The molecule has 1 saturated heterocycles. The SMILES string of the molecule is CCCC(=O)N1CC(C)OC(C)C1. The molecular formula is C10H19NO2. The van der Waals surface area contributed by atoms with Gasteiger partial charge in [0.2, 0.25) is 5.91 Å². The Bertz CT molecular complexity index is 172. The van der Waals surface area contributed by atoms with Crippen molar-refractivity contribution in [3.8, 4) is 0 Å². The minimum atomic E-state index is 0.185. The van der Waals surface area contributed by atoms with Gasteiger partial charge in [0, 0.05) is 19.5 Å². The molecule has 1 fully saturated rings. The van der Waals surface area contributed by atoms with Crippen LogP contribution in [0, 0.1) is 0 Å². The second kappa shape index (κ2) is 4.61. The van der Waals surface area contributed by atoms with Crippen molar-refractivity contribution in [2.75, 3.05) is 13.1 Å². The van der Waals surface area contributed by atoms with Crippen molar-refractivity contribution in [3.05, 3.63) is 0 Å². The summed E-state index contributed by atoms with van der Waals surface area (Å²) < 4.78 is 5.55. The summed E-state index contributed by atoms with van der Waals surface area (Å²) in [6, 6.07) is 0. The van der Waals surface area contributed by atoms with E-state index in [0.29, 0.717) is 6.42 Å². The molecule has 2 unspecified atom stereocenters. The summed E-state index contributed by atoms with van der Waals surface area (Å²) in [5, 5.41) is 0. The van der Waals surface area contributed by atoms with Gasteiger partial charge >= 0.3 is 0 Å². The highest BCUT2D eigenvalue weighted by Crippen LogP contribution is 2.11. The Labute approximate surface area is 80.1 Å². The maximum atomic E-state index is 11.6. The Hall–Kier alpha value is -0.570. The molecule has 0 radical (unpaired) electrons. The molecule has 1 aliphatic rings. The monoisotopic (exact) mass is 185 g/mol. The smallest absolute Gasteiger partial charge is 0.222 e. The Morgan fingerprint density at radius 1 is 1.38 bits per heavy atom. The normalized spacial score (nSPS) is 29.0. The van der Waals surface area contributed by atoms with Crippen LogP contribution in [0.25, 0.3) is 0 Å². The van der Waals surface area contributed by atoms with Gasteiger partial charge in [0.25, 0.3) is 0 Å². The number of morpholine rings is 1. The number of hydrogen-bond donors (Lipinski definition) is 0. The largest absolute Gasteiger partial charge is 0.372 e. The minimum absolute atomic E-state index is 0.185. The lowest BCUT2D eigenvalue weighted by Gasteiger charge is -2.35. The highest BCUT2D eigenvalue weighted by molar-refractivity contribution is 5.76. The van der Waals surface area contributed by atoms with E-state index < -0.39 is 0 Å². The van der Waals surface area contributed by atoms with Crippen molar-refractivity contribution in [3.63, 3.8) is 0 Å². The topological polar surface area (TPSA) is 29.5 Å². The van der Waals surface area contributed by atoms with Gasteiger partial charge in [-0.05, 0) is 20.3 Å². The second-order valence-corrected chi connectivity index (χ2v) is 3.81. The maximum Gasteiger partial charge on any atom is 0.222 e. The van der Waals surface area contributed by atoms with Crippen LogP contribution in [0.1, 0.15) is 33.6 Å². The summed E-state index contributed by atoms with van der Waals surface area (Å²) in [6.45, 7) is 7.57. The van der Waals surface area contributed by atoms with Gasteiger partial charge in [-0.15, -0.1) is 0 Å². The van der Waals surface area contributed by atoms with Crippen molar-refractivity contribution < 1.29 is 9.53 Å². The van der Waals surface area contributed by atoms with E-state index in [1.54, 1.807) is 0 Å². The van der Waals surface area contributed by atoms with E-state index in [-0.39, 0.29) is 18.1 Å². The van der Waals surface area contributed by atoms with Crippen LogP contribution in [-0.2, 0) is 9.53 Å². The van der Waals surface area contributed by atoms with Crippen LogP contribution >= 0.6 is 0 Å².